The fraction of sp³-hybridized carbons (Fsp3) is 0.677. The van der Waals surface area contributed by atoms with Gasteiger partial charge in [0.05, 0.1) is 25.6 Å². The van der Waals surface area contributed by atoms with Gasteiger partial charge >= 0.3 is 5.97 Å². The zero-order chi connectivity index (χ0) is 28.4. The number of hydrogen-bond donors (Lipinski definition) is 3. The fourth-order valence-electron chi connectivity index (χ4n) is 5.14. The summed E-state index contributed by atoms with van der Waals surface area (Å²) in [6.45, 7) is 10.5. The lowest BCUT2D eigenvalue weighted by Crippen LogP contribution is -2.54. The molecule has 6 nitrogen and oxygen atoms in total. The molecular formula is C31H49FN2O4. The number of rotatable bonds is 13. The smallest absolute Gasteiger partial charge is 0.305 e. The number of nitrogens with one attached hydrogen (secondary N) is 2. The highest BCUT2D eigenvalue weighted by Crippen LogP contribution is 2.38. The van der Waals surface area contributed by atoms with E-state index < -0.39 is 17.6 Å². The predicted octanol–water partition coefficient (Wildman–Crippen LogP) is 5.82. The van der Waals surface area contributed by atoms with E-state index in [1.165, 1.54) is 30.7 Å². The molecule has 2 unspecified atom stereocenters. The molecule has 3 N–H and O–H groups in total. The van der Waals surface area contributed by atoms with Crippen molar-refractivity contribution in [2.45, 2.75) is 116 Å². The second-order valence-corrected chi connectivity index (χ2v) is 12.4. The van der Waals surface area contributed by atoms with E-state index in [9.17, 15) is 19.1 Å². The van der Waals surface area contributed by atoms with Gasteiger partial charge in [0.1, 0.15) is 0 Å². The van der Waals surface area contributed by atoms with Crippen LogP contribution in [0.1, 0.15) is 104 Å². The average Bonchev–Trinajstić information content (AvgIpc) is 2.90. The Balaban J connectivity index is 2.19. The van der Waals surface area contributed by atoms with Gasteiger partial charge in [-0.1, -0.05) is 84.2 Å². The summed E-state index contributed by atoms with van der Waals surface area (Å²) < 4.78 is 17.4. The lowest BCUT2D eigenvalue weighted by molar-refractivity contribution is -0.142. The van der Waals surface area contributed by atoms with Crippen molar-refractivity contribution in [3.63, 3.8) is 0 Å². The van der Waals surface area contributed by atoms with Gasteiger partial charge in [0, 0.05) is 23.9 Å². The van der Waals surface area contributed by atoms with Crippen molar-refractivity contribution in [3.8, 4) is 0 Å². The molecule has 7 heteroatoms. The number of carbonyl (C=O) groups is 2. The van der Waals surface area contributed by atoms with Gasteiger partial charge < -0.3 is 20.5 Å². The summed E-state index contributed by atoms with van der Waals surface area (Å²) in [5.41, 5.74) is 1.48. The van der Waals surface area contributed by atoms with Gasteiger partial charge in [-0.25, -0.2) is 4.39 Å². The van der Waals surface area contributed by atoms with E-state index in [2.05, 4.69) is 55.7 Å². The Labute approximate surface area is 228 Å². The van der Waals surface area contributed by atoms with Crippen molar-refractivity contribution in [1.82, 2.24) is 10.6 Å². The lowest BCUT2D eigenvalue weighted by atomic mass is 9.74. The van der Waals surface area contributed by atoms with E-state index in [1.54, 1.807) is 13.8 Å². The van der Waals surface area contributed by atoms with Crippen LogP contribution in [0.25, 0.3) is 0 Å². The minimum Gasteiger partial charge on any atom is -0.469 e. The Hall–Kier alpha value is -2.25. The normalized spacial score (nSPS) is 17.7. The number of hydrogen-bond acceptors (Lipinski definition) is 5. The third-order valence-corrected chi connectivity index (χ3v) is 7.95. The van der Waals surface area contributed by atoms with Crippen LogP contribution in [-0.4, -0.2) is 42.8 Å². The third kappa shape index (κ3) is 9.19. The summed E-state index contributed by atoms with van der Waals surface area (Å²) in [6, 6.07) is 8.19. The molecule has 38 heavy (non-hydrogen) atoms. The van der Waals surface area contributed by atoms with Crippen LogP contribution < -0.4 is 10.6 Å². The van der Waals surface area contributed by atoms with E-state index in [-0.39, 0.29) is 29.3 Å². The Morgan fingerprint density at radius 2 is 1.84 bits per heavy atom. The van der Waals surface area contributed by atoms with Crippen LogP contribution in [0.3, 0.4) is 0 Å². The van der Waals surface area contributed by atoms with Gasteiger partial charge in [-0.3, -0.25) is 9.59 Å². The number of ether oxygens (including phenoxy) is 1. The summed E-state index contributed by atoms with van der Waals surface area (Å²) in [7, 11) is 1.33. The van der Waals surface area contributed by atoms with Gasteiger partial charge in [0.2, 0.25) is 5.91 Å². The number of allylic oxidation sites excluding steroid dienone is 1. The van der Waals surface area contributed by atoms with Crippen LogP contribution in [0.4, 0.5) is 4.39 Å². The summed E-state index contributed by atoms with van der Waals surface area (Å²) in [6.07, 6.45) is 7.63. The molecule has 2 atom stereocenters. The van der Waals surface area contributed by atoms with Gasteiger partial charge in [-0.05, 0) is 48.6 Å². The minimum atomic E-state index is -0.868. The summed E-state index contributed by atoms with van der Waals surface area (Å²) in [4.78, 5) is 24.7. The summed E-state index contributed by atoms with van der Waals surface area (Å²) >= 11 is 0. The largest absolute Gasteiger partial charge is 0.469 e. The van der Waals surface area contributed by atoms with E-state index >= 15 is 0 Å². The molecule has 1 fully saturated rings. The van der Waals surface area contributed by atoms with Gasteiger partial charge in [0.25, 0.3) is 0 Å². The van der Waals surface area contributed by atoms with E-state index in [1.807, 2.05) is 0 Å². The molecule has 214 valence electrons. The maximum Gasteiger partial charge on any atom is 0.305 e. The first-order valence-electron chi connectivity index (χ1n) is 14.0. The number of aliphatic hydroxyl groups is 1. The second kappa shape index (κ2) is 14.2. The monoisotopic (exact) mass is 532 g/mol. The summed E-state index contributed by atoms with van der Waals surface area (Å²) in [5.74, 6) is -0.618. The fourth-order valence-corrected chi connectivity index (χ4v) is 5.14. The molecule has 0 spiro atoms. The van der Waals surface area contributed by atoms with Crippen molar-refractivity contribution in [2.24, 2.45) is 5.41 Å². The summed E-state index contributed by atoms with van der Waals surface area (Å²) in [5, 5.41) is 18.0. The van der Waals surface area contributed by atoms with Crippen LogP contribution in [0.5, 0.6) is 0 Å². The molecule has 2 rings (SSSR count). The Bertz CT molecular complexity index is 932. The van der Waals surface area contributed by atoms with Crippen LogP contribution in [0.2, 0.25) is 0 Å². The molecule has 0 heterocycles. The maximum atomic E-state index is 13.1. The highest BCUT2D eigenvalue weighted by molar-refractivity contribution is 5.82. The van der Waals surface area contributed by atoms with E-state index in [0.717, 1.165) is 25.7 Å². The van der Waals surface area contributed by atoms with Gasteiger partial charge in [0.15, 0.2) is 0 Å². The highest BCUT2D eigenvalue weighted by Gasteiger charge is 2.36. The standard InChI is InChI=1S/C31H49FN2O4/c1-29(2,3)23-13-12-14-24(21-23)31(17-9-7-10-18-31)33-22-26(35)25(15-8-11-20-32)34-28(37)30(4,5)19-16-27(36)38-6/h11-14,20-21,25-26,33,35H,7-10,15-19,22H2,1-6H3,(H,34,37)/b20-11+. The first kappa shape index (κ1) is 32.0. The Kier molecular flexibility index (Phi) is 12.0. The molecule has 1 aromatic carbocycles. The molecule has 0 aromatic heterocycles. The number of amides is 1. The molecule has 1 aliphatic carbocycles. The topological polar surface area (TPSA) is 87.7 Å². The number of carbonyl (C=O) groups excluding carboxylic acids is 2. The van der Waals surface area contributed by atoms with Crippen LogP contribution in [-0.2, 0) is 25.3 Å². The van der Waals surface area contributed by atoms with E-state index in [0.29, 0.717) is 32.1 Å². The van der Waals surface area contributed by atoms with Gasteiger partial charge in [-0.2, -0.15) is 0 Å². The average molecular weight is 533 g/mol. The predicted molar refractivity (Wildman–Crippen MR) is 150 cm³/mol. The van der Waals surface area contributed by atoms with Crippen LogP contribution >= 0.6 is 0 Å². The zero-order valence-electron chi connectivity index (χ0n) is 24.2. The number of esters is 1. The maximum absolute atomic E-state index is 13.1. The molecular weight excluding hydrogens is 483 g/mol. The number of halogens is 1. The molecule has 0 bridgehead atoms. The van der Waals surface area contributed by atoms with Crippen molar-refractivity contribution in [2.75, 3.05) is 13.7 Å². The van der Waals surface area contributed by atoms with E-state index in [4.69, 9.17) is 4.74 Å². The Morgan fingerprint density at radius 1 is 1.16 bits per heavy atom. The van der Waals surface area contributed by atoms with Crippen LogP contribution in [0, 0.1) is 5.41 Å². The first-order valence-corrected chi connectivity index (χ1v) is 14.0. The van der Waals surface area contributed by atoms with Gasteiger partial charge in [-0.15, -0.1) is 0 Å². The SMILES string of the molecule is COC(=O)CCC(C)(C)C(=O)NC(CC/C=C/F)C(O)CNC1(c2cccc(C(C)(C)C)c2)CCCCC1. The van der Waals surface area contributed by atoms with Crippen molar-refractivity contribution >= 4 is 11.9 Å². The van der Waals surface area contributed by atoms with Crippen LogP contribution in [0.15, 0.2) is 36.7 Å². The zero-order valence-corrected chi connectivity index (χ0v) is 24.2. The number of aliphatic hydroxyl groups excluding tert-OH is 1. The Morgan fingerprint density at radius 3 is 2.45 bits per heavy atom. The lowest BCUT2D eigenvalue weighted by Gasteiger charge is -2.41. The molecule has 1 aromatic rings. The number of methoxy groups -OCH3 is 1. The van der Waals surface area contributed by atoms with Crippen molar-refractivity contribution in [1.29, 1.82) is 0 Å². The number of benzene rings is 1. The molecule has 0 radical (unpaired) electrons. The highest BCUT2D eigenvalue weighted by atomic mass is 19.1. The van der Waals surface area contributed by atoms with Crippen molar-refractivity contribution in [3.05, 3.63) is 47.8 Å². The molecule has 1 amide bonds. The first-order chi connectivity index (χ1) is 17.8. The minimum absolute atomic E-state index is 0.0331. The third-order valence-electron chi connectivity index (χ3n) is 7.95. The molecule has 0 aliphatic heterocycles. The van der Waals surface area contributed by atoms with Crippen molar-refractivity contribution < 1.29 is 23.8 Å². The second-order valence-electron chi connectivity index (χ2n) is 12.4. The quantitative estimate of drug-likeness (QED) is 0.279. The molecule has 1 aliphatic rings. The molecule has 0 saturated heterocycles. The molecule has 1 saturated carbocycles.